The lowest BCUT2D eigenvalue weighted by molar-refractivity contribution is -0.191. The fourth-order valence-corrected chi connectivity index (χ4v) is 3.92. The van der Waals surface area contributed by atoms with E-state index in [0.717, 1.165) is 11.5 Å². The van der Waals surface area contributed by atoms with Crippen molar-refractivity contribution >= 4 is 16.7 Å². The van der Waals surface area contributed by atoms with Crippen molar-refractivity contribution in [2.75, 3.05) is 31.7 Å². The maximum Gasteiger partial charge on any atom is 0.405 e. The van der Waals surface area contributed by atoms with Gasteiger partial charge >= 0.3 is 6.18 Å². The monoisotopic (exact) mass is 426 g/mol. The minimum atomic E-state index is -4.57. The highest BCUT2D eigenvalue weighted by Crippen LogP contribution is 2.48. The van der Waals surface area contributed by atoms with Gasteiger partial charge in [-0.3, -0.25) is 4.98 Å². The lowest BCUT2D eigenvalue weighted by atomic mass is 9.86. The van der Waals surface area contributed by atoms with E-state index in [4.69, 9.17) is 9.26 Å². The normalized spacial score (nSPS) is 19.8. The van der Waals surface area contributed by atoms with Crippen LogP contribution in [0.3, 0.4) is 0 Å². The summed E-state index contributed by atoms with van der Waals surface area (Å²) >= 11 is 1.07. The van der Waals surface area contributed by atoms with Gasteiger partial charge in [-0.05, 0) is 18.6 Å². The average molecular weight is 426 g/mol. The molecular weight excluding hydrogens is 409 g/mol. The van der Waals surface area contributed by atoms with Crippen LogP contribution in [0.25, 0.3) is 11.5 Å². The van der Waals surface area contributed by atoms with Gasteiger partial charge in [-0.2, -0.15) is 22.5 Å². The van der Waals surface area contributed by atoms with Crippen LogP contribution < -0.4 is 4.90 Å². The number of nitrogens with zero attached hydrogens (tertiary/aromatic N) is 6. The lowest BCUT2D eigenvalue weighted by Crippen LogP contribution is -2.45. The Kier molecular flexibility index (Phi) is 5.21. The highest BCUT2D eigenvalue weighted by Gasteiger charge is 2.63. The van der Waals surface area contributed by atoms with Crippen LogP contribution in [0.15, 0.2) is 28.9 Å². The van der Waals surface area contributed by atoms with E-state index in [1.165, 1.54) is 6.20 Å². The SMILES string of the molecule is COCCc1nsc(N2CCC(c3nc(-c4ccccn4)no3)(C(F)(F)F)C2)n1. The van der Waals surface area contributed by atoms with Gasteiger partial charge in [0.2, 0.25) is 16.8 Å². The molecule has 1 atom stereocenters. The Labute approximate surface area is 167 Å². The summed E-state index contributed by atoms with van der Waals surface area (Å²) in [5.74, 6) is 0.115. The van der Waals surface area contributed by atoms with Gasteiger partial charge in [0.15, 0.2) is 5.41 Å². The molecule has 8 nitrogen and oxygen atoms in total. The van der Waals surface area contributed by atoms with Crippen molar-refractivity contribution in [3.8, 4) is 11.5 Å². The Bertz CT molecular complexity index is 963. The number of ether oxygens (including phenoxy) is 1. The summed E-state index contributed by atoms with van der Waals surface area (Å²) in [6, 6.07) is 5.00. The van der Waals surface area contributed by atoms with E-state index < -0.39 is 17.5 Å². The third-order valence-electron chi connectivity index (χ3n) is 4.80. The molecule has 1 unspecified atom stereocenters. The number of anilines is 1. The Hall–Kier alpha value is -2.60. The quantitative estimate of drug-likeness (QED) is 0.594. The van der Waals surface area contributed by atoms with Crippen molar-refractivity contribution in [1.29, 1.82) is 0 Å². The molecule has 0 aliphatic carbocycles. The number of methoxy groups -OCH3 is 1. The maximum absolute atomic E-state index is 14.2. The first-order valence-electron chi connectivity index (χ1n) is 8.82. The van der Waals surface area contributed by atoms with Crippen LogP contribution in [0.2, 0.25) is 0 Å². The standard InChI is InChI=1S/C17H17F3N6O2S/c1-27-9-5-12-22-15(29-25-12)26-8-6-16(10-26,17(18,19)20)14-23-13(24-28-14)11-4-2-3-7-21-11/h2-4,7H,5-6,8-10H2,1H3. The molecule has 4 heterocycles. The van der Waals surface area contributed by atoms with E-state index in [-0.39, 0.29) is 25.3 Å². The van der Waals surface area contributed by atoms with Crippen LogP contribution in [0.1, 0.15) is 18.1 Å². The van der Waals surface area contributed by atoms with Gasteiger partial charge in [-0.25, -0.2) is 4.98 Å². The van der Waals surface area contributed by atoms with E-state index in [1.807, 2.05) is 0 Å². The number of hydrogen-bond donors (Lipinski definition) is 0. The minimum Gasteiger partial charge on any atom is -0.384 e. The summed E-state index contributed by atoms with van der Waals surface area (Å²) in [6.45, 7) is 0.236. The molecule has 154 valence electrons. The van der Waals surface area contributed by atoms with Crippen LogP contribution in [-0.4, -0.2) is 57.5 Å². The van der Waals surface area contributed by atoms with Crippen molar-refractivity contribution in [3.05, 3.63) is 36.1 Å². The van der Waals surface area contributed by atoms with E-state index in [0.29, 0.717) is 29.7 Å². The maximum atomic E-state index is 14.2. The molecule has 1 saturated heterocycles. The lowest BCUT2D eigenvalue weighted by Gasteiger charge is -2.27. The van der Waals surface area contributed by atoms with Crippen molar-refractivity contribution in [3.63, 3.8) is 0 Å². The molecule has 0 aromatic carbocycles. The number of rotatable bonds is 6. The summed E-state index contributed by atoms with van der Waals surface area (Å²) in [5, 5.41) is 4.16. The molecule has 3 aromatic rings. The van der Waals surface area contributed by atoms with E-state index in [2.05, 4.69) is 24.5 Å². The zero-order valence-corrected chi connectivity index (χ0v) is 16.2. The fraction of sp³-hybridized carbons (Fsp3) is 0.471. The van der Waals surface area contributed by atoms with Gasteiger partial charge in [0.1, 0.15) is 11.5 Å². The second kappa shape index (κ2) is 7.67. The number of hydrogen-bond acceptors (Lipinski definition) is 9. The van der Waals surface area contributed by atoms with Gasteiger partial charge in [-0.15, -0.1) is 0 Å². The van der Waals surface area contributed by atoms with E-state index in [9.17, 15) is 13.2 Å². The molecule has 29 heavy (non-hydrogen) atoms. The summed E-state index contributed by atoms with van der Waals surface area (Å²) in [6.07, 6.45) is -2.77. The van der Waals surface area contributed by atoms with Gasteiger partial charge in [-0.1, -0.05) is 11.2 Å². The predicted molar refractivity (Wildman–Crippen MR) is 97.6 cm³/mol. The van der Waals surface area contributed by atoms with Gasteiger partial charge in [0.25, 0.3) is 0 Å². The van der Waals surface area contributed by atoms with Crippen LogP contribution >= 0.6 is 11.5 Å². The molecule has 12 heteroatoms. The summed E-state index contributed by atoms with van der Waals surface area (Å²) < 4.78 is 56.7. The minimum absolute atomic E-state index is 0.0282. The van der Waals surface area contributed by atoms with Crippen molar-refractivity contribution in [2.45, 2.75) is 24.4 Å². The third kappa shape index (κ3) is 3.69. The molecule has 1 aliphatic heterocycles. The first kappa shape index (κ1) is 19.7. The molecule has 0 bridgehead atoms. The van der Waals surface area contributed by atoms with Crippen LogP contribution in [0.5, 0.6) is 0 Å². The molecule has 0 radical (unpaired) electrons. The second-order valence-corrected chi connectivity index (χ2v) is 7.36. The Balaban J connectivity index is 1.61. The van der Waals surface area contributed by atoms with Crippen molar-refractivity contribution < 1.29 is 22.4 Å². The third-order valence-corrected chi connectivity index (χ3v) is 5.61. The highest BCUT2D eigenvalue weighted by atomic mass is 32.1. The summed E-state index contributed by atoms with van der Waals surface area (Å²) in [7, 11) is 1.56. The summed E-state index contributed by atoms with van der Waals surface area (Å²) in [4.78, 5) is 14.0. The van der Waals surface area contributed by atoms with Gasteiger partial charge in [0.05, 0.1) is 6.61 Å². The molecule has 1 aliphatic rings. The number of aromatic nitrogens is 5. The molecular formula is C17H17F3N6O2S. The number of halogens is 3. The van der Waals surface area contributed by atoms with Crippen LogP contribution in [0, 0.1) is 0 Å². The molecule has 1 fully saturated rings. The molecule has 0 spiro atoms. The molecule has 0 amide bonds. The smallest absolute Gasteiger partial charge is 0.384 e. The Morgan fingerprint density at radius 2 is 2.17 bits per heavy atom. The van der Waals surface area contributed by atoms with Crippen molar-refractivity contribution in [2.24, 2.45) is 0 Å². The topological polar surface area (TPSA) is 90.1 Å². The highest BCUT2D eigenvalue weighted by molar-refractivity contribution is 7.09. The second-order valence-electron chi connectivity index (χ2n) is 6.63. The number of alkyl halides is 3. The average Bonchev–Trinajstić information content (AvgIpc) is 3.45. The molecule has 0 N–H and O–H groups in total. The van der Waals surface area contributed by atoms with Gasteiger partial charge in [0, 0.05) is 44.3 Å². The van der Waals surface area contributed by atoms with Crippen molar-refractivity contribution in [1.82, 2.24) is 24.5 Å². The molecule has 3 aromatic heterocycles. The largest absolute Gasteiger partial charge is 0.405 e. The Morgan fingerprint density at radius 1 is 1.31 bits per heavy atom. The first-order valence-corrected chi connectivity index (χ1v) is 9.59. The fourth-order valence-electron chi connectivity index (χ4n) is 3.19. The molecule has 0 saturated carbocycles. The summed E-state index contributed by atoms with van der Waals surface area (Å²) in [5.41, 5.74) is -1.92. The zero-order chi connectivity index (χ0) is 20.5. The van der Waals surface area contributed by atoms with Crippen LogP contribution in [-0.2, 0) is 16.6 Å². The predicted octanol–water partition coefficient (Wildman–Crippen LogP) is 2.88. The molecule has 4 rings (SSSR count). The van der Waals surface area contributed by atoms with Gasteiger partial charge < -0.3 is 14.2 Å². The van der Waals surface area contributed by atoms with E-state index >= 15 is 0 Å². The number of pyridine rings is 1. The first-order chi connectivity index (χ1) is 13.9. The Morgan fingerprint density at radius 3 is 2.90 bits per heavy atom. The van der Waals surface area contributed by atoms with Crippen LogP contribution in [0.4, 0.5) is 18.3 Å². The zero-order valence-electron chi connectivity index (χ0n) is 15.4. The van der Waals surface area contributed by atoms with E-state index in [1.54, 1.807) is 30.2 Å².